The molecule has 0 unspecified atom stereocenters. The zero-order valence-electron chi connectivity index (χ0n) is 4.02. The minimum absolute atomic E-state index is 0. The largest absolute Gasteiger partial charge is 0.312 e. The number of hydrogen-bond donors (Lipinski definition) is 0. The van der Waals surface area contributed by atoms with E-state index >= 15 is 0 Å². The molecule has 2 heteroatoms. The predicted molar refractivity (Wildman–Crippen MR) is 19.6 cm³/mol. The van der Waals surface area contributed by atoms with Crippen LogP contribution in [0, 0.1) is 0 Å². The molecule has 1 nitrogen and oxygen atoms in total. The van der Waals surface area contributed by atoms with Gasteiger partial charge >= 0.3 is 0 Å². The number of nitrogens with zero attached hydrogens (tertiary/aromatic N) is 1. The SMILES string of the molecule is CN(C)C.[Y]. The van der Waals surface area contributed by atoms with Gasteiger partial charge in [0.1, 0.15) is 0 Å². The molecule has 0 spiro atoms. The Bertz CT molecular complexity index is 11.6. The van der Waals surface area contributed by atoms with Gasteiger partial charge in [0.15, 0.2) is 0 Å². The fraction of sp³-hybridized carbons (Fsp3) is 1.00. The Kier molecular flexibility index (Phi) is 9.54. The molecule has 0 aromatic carbocycles. The molecule has 0 aliphatic rings. The Morgan fingerprint density at radius 1 is 1.00 bits per heavy atom. The molecule has 1 radical (unpaired) electrons. The standard InChI is InChI=1S/C3H9N.Y/c1-4(2)3;/h1-3H3;. The first kappa shape index (κ1) is 9.42. The minimum atomic E-state index is 0. The maximum absolute atomic E-state index is 2.00. The van der Waals surface area contributed by atoms with Gasteiger partial charge in [0.05, 0.1) is 0 Å². The van der Waals surface area contributed by atoms with E-state index in [0.717, 1.165) is 0 Å². The van der Waals surface area contributed by atoms with Gasteiger partial charge in [-0.2, -0.15) is 0 Å². The normalized spacial score (nSPS) is 7.20. The summed E-state index contributed by atoms with van der Waals surface area (Å²) in [6.07, 6.45) is 0. The number of hydrogen-bond acceptors (Lipinski definition) is 1. The zero-order valence-corrected chi connectivity index (χ0v) is 6.86. The second-order valence-corrected chi connectivity index (χ2v) is 1.34. The third-order valence-electron chi connectivity index (χ3n) is 0. The molecule has 0 aliphatic carbocycles. The molecular formula is C3H9NY. The van der Waals surface area contributed by atoms with Crippen LogP contribution in [0.25, 0.3) is 0 Å². The quantitative estimate of drug-likeness (QED) is 0.473. The van der Waals surface area contributed by atoms with Crippen molar-refractivity contribution in [2.45, 2.75) is 0 Å². The van der Waals surface area contributed by atoms with E-state index in [2.05, 4.69) is 0 Å². The molecule has 29 valence electrons. The molecule has 0 aromatic heterocycles. The van der Waals surface area contributed by atoms with E-state index < -0.39 is 0 Å². The summed E-state index contributed by atoms with van der Waals surface area (Å²) in [5.41, 5.74) is 0. The van der Waals surface area contributed by atoms with Crippen molar-refractivity contribution in [3.8, 4) is 0 Å². The van der Waals surface area contributed by atoms with Crippen molar-refractivity contribution in [1.29, 1.82) is 0 Å². The summed E-state index contributed by atoms with van der Waals surface area (Å²) in [6.45, 7) is 0. The Labute approximate surface area is 58.6 Å². The molecule has 0 rings (SSSR count). The summed E-state index contributed by atoms with van der Waals surface area (Å²) in [7, 11) is 6.00. The summed E-state index contributed by atoms with van der Waals surface area (Å²) in [6, 6.07) is 0. The molecule has 0 amide bonds. The Balaban J connectivity index is 0. The van der Waals surface area contributed by atoms with Gasteiger partial charge < -0.3 is 4.90 Å². The first-order chi connectivity index (χ1) is 1.73. The van der Waals surface area contributed by atoms with E-state index in [1.54, 1.807) is 0 Å². The van der Waals surface area contributed by atoms with Gasteiger partial charge in [-0.1, -0.05) is 0 Å². The van der Waals surface area contributed by atoms with Crippen molar-refractivity contribution in [3.05, 3.63) is 0 Å². The van der Waals surface area contributed by atoms with Crippen molar-refractivity contribution < 1.29 is 32.7 Å². The van der Waals surface area contributed by atoms with Crippen molar-refractivity contribution in [2.24, 2.45) is 0 Å². The third kappa shape index (κ3) is 42.0. The van der Waals surface area contributed by atoms with Crippen LogP contribution < -0.4 is 0 Å². The minimum Gasteiger partial charge on any atom is -0.312 e. The molecule has 0 atom stereocenters. The second-order valence-electron chi connectivity index (χ2n) is 1.34. The van der Waals surface area contributed by atoms with Crippen LogP contribution in [-0.2, 0) is 32.7 Å². The molecule has 0 saturated heterocycles. The average molecular weight is 148 g/mol. The van der Waals surface area contributed by atoms with E-state index in [-0.39, 0.29) is 32.7 Å². The van der Waals surface area contributed by atoms with Crippen LogP contribution in [0.2, 0.25) is 0 Å². The molecular weight excluding hydrogens is 139 g/mol. The maximum atomic E-state index is 2.00. The molecule has 5 heavy (non-hydrogen) atoms. The van der Waals surface area contributed by atoms with Crippen molar-refractivity contribution >= 4 is 0 Å². The molecule has 0 heterocycles. The van der Waals surface area contributed by atoms with Gasteiger partial charge in [0.2, 0.25) is 0 Å². The first-order valence-corrected chi connectivity index (χ1v) is 1.34. The predicted octanol–water partition coefficient (Wildman–Crippen LogP) is 0.175. The van der Waals surface area contributed by atoms with Gasteiger partial charge in [-0.05, 0) is 21.1 Å². The fourth-order valence-electron chi connectivity index (χ4n) is 0. The summed E-state index contributed by atoms with van der Waals surface area (Å²) < 4.78 is 0. The van der Waals surface area contributed by atoms with E-state index in [4.69, 9.17) is 0 Å². The fourth-order valence-corrected chi connectivity index (χ4v) is 0. The van der Waals surface area contributed by atoms with Crippen LogP contribution in [0.5, 0.6) is 0 Å². The summed E-state index contributed by atoms with van der Waals surface area (Å²) in [5, 5.41) is 0. The van der Waals surface area contributed by atoms with Crippen LogP contribution in [0.15, 0.2) is 0 Å². The van der Waals surface area contributed by atoms with E-state index in [9.17, 15) is 0 Å². The first-order valence-electron chi connectivity index (χ1n) is 1.34. The topological polar surface area (TPSA) is 3.24 Å². The Hall–Kier alpha value is 1.06. The average Bonchev–Trinajstić information content (AvgIpc) is 0.811. The van der Waals surface area contributed by atoms with Crippen LogP contribution in [0.3, 0.4) is 0 Å². The van der Waals surface area contributed by atoms with E-state index in [1.807, 2.05) is 26.0 Å². The van der Waals surface area contributed by atoms with Gasteiger partial charge in [-0.3, -0.25) is 0 Å². The Morgan fingerprint density at radius 2 is 1.00 bits per heavy atom. The van der Waals surface area contributed by atoms with Gasteiger partial charge in [0.25, 0.3) is 0 Å². The van der Waals surface area contributed by atoms with E-state index in [1.165, 1.54) is 0 Å². The third-order valence-corrected chi connectivity index (χ3v) is 0. The maximum Gasteiger partial charge on any atom is 0 e. The molecule has 0 fully saturated rings. The van der Waals surface area contributed by atoms with Crippen LogP contribution in [0.4, 0.5) is 0 Å². The van der Waals surface area contributed by atoms with Gasteiger partial charge in [-0.25, -0.2) is 0 Å². The van der Waals surface area contributed by atoms with Crippen molar-refractivity contribution in [1.82, 2.24) is 4.90 Å². The molecule has 0 N–H and O–H groups in total. The van der Waals surface area contributed by atoms with Crippen LogP contribution in [0.1, 0.15) is 0 Å². The zero-order chi connectivity index (χ0) is 3.58. The van der Waals surface area contributed by atoms with E-state index in [0.29, 0.717) is 0 Å². The molecule has 0 aliphatic heterocycles. The molecule has 0 aromatic rings. The summed E-state index contributed by atoms with van der Waals surface area (Å²) in [5.74, 6) is 0. The second kappa shape index (κ2) is 5.06. The monoisotopic (exact) mass is 148 g/mol. The molecule has 0 bridgehead atoms. The van der Waals surface area contributed by atoms with Gasteiger partial charge in [-0.15, -0.1) is 0 Å². The Morgan fingerprint density at radius 3 is 1.00 bits per heavy atom. The molecule has 0 saturated carbocycles. The van der Waals surface area contributed by atoms with Crippen LogP contribution in [-0.4, -0.2) is 26.0 Å². The van der Waals surface area contributed by atoms with Crippen LogP contribution >= 0.6 is 0 Å². The van der Waals surface area contributed by atoms with Crippen molar-refractivity contribution in [2.75, 3.05) is 21.1 Å². The summed E-state index contributed by atoms with van der Waals surface area (Å²) in [4.78, 5) is 2.00. The van der Waals surface area contributed by atoms with Crippen molar-refractivity contribution in [3.63, 3.8) is 0 Å². The smallest absolute Gasteiger partial charge is 0 e. The number of rotatable bonds is 0. The summed E-state index contributed by atoms with van der Waals surface area (Å²) >= 11 is 0. The van der Waals surface area contributed by atoms with Gasteiger partial charge in [0, 0.05) is 32.7 Å².